The molecule has 102 valence electrons. The molecule has 0 saturated heterocycles. The first kappa shape index (κ1) is 15.0. The van der Waals surface area contributed by atoms with Crippen molar-refractivity contribution < 1.29 is 10.2 Å². The zero-order chi connectivity index (χ0) is 13.9. The number of likely N-dealkylation sites (N-methyl/N-ethyl adjacent to an activating group) is 1. The van der Waals surface area contributed by atoms with Gasteiger partial charge in [0.25, 0.3) is 0 Å². The highest BCUT2D eigenvalue weighted by Crippen LogP contribution is 2.30. The molecule has 3 heteroatoms. The van der Waals surface area contributed by atoms with Gasteiger partial charge < -0.3 is 15.1 Å². The lowest BCUT2D eigenvalue weighted by atomic mass is 9.97. The minimum absolute atomic E-state index is 0.0337. The van der Waals surface area contributed by atoms with Crippen LogP contribution in [-0.4, -0.2) is 36.5 Å². The van der Waals surface area contributed by atoms with Crippen LogP contribution in [0.5, 0.6) is 0 Å². The average Bonchev–Trinajstić information content (AvgIpc) is 2.33. The summed E-state index contributed by atoms with van der Waals surface area (Å²) in [6.45, 7) is 8.60. The van der Waals surface area contributed by atoms with Gasteiger partial charge in [-0.1, -0.05) is 6.07 Å². The second kappa shape index (κ2) is 6.21. The SMILES string of the molecule is Cc1cc(C)c(C)c(N(C)C(CO)CCO)c1C. The van der Waals surface area contributed by atoms with Gasteiger partial charge in [-0.25, -0.2) is 0 Å². The minimum Gasteiger partial charge on any atom is -0.396 e. The minimum atomic E-state index is -0.0337. The lowest BCUT2D eigenvalue weighted by Crippen LogP contribution is -2.36. The molecule has 3 nitrogen and oxygen atoms in total. The summed E-state index contributed by atoms with van der Waals surface area (Å²) in [5.74, 6) is 0. The predicted octanol–water partition coefficient (Wildman–Crippen LogP) is 2.10. The zero-order valence-corrected chi connectivity index (χ0v) is 12.1. The number of aryl methyl sites for hydroxylation is 2. The molecule has 1 unspecified atom stereocenters. The van der Waals surface area contributed by atoms with Crippen LogP contribution in [0, 0.1) is 27.7 Å². The number of anilines is 1. The lowest BCUT2D eigenvalue weighted by molar-refractivity contribution is 0.218. The Labute approximate surface area is 110 Å². The maximum Gasteiger partial charge on any atom is 0.0635 e. The number of hydrogen-bond acceptors (Lipinski definition) is 3. The lowest BCUT2D eigenvalue weighted by Gasteiger charge is -2.32. The van der Waals surface area contributed by atoms with Crippen LogP contribution in [0.25, 0.3) is 0 Å². The van der Waals surface area contributed by atoms with E-state index in [0.717, 1.165) is 0 Å². The number of benzene rings is 1. The Morgan fingerprint density at radius 1 is 1.06 bits per heavy atom. The number of hydrogen-bond donors (Lipinski definition) is 2. The Kier molecular flexibility index (Phi) is 5.17. The van der Waals surface area contributed by atoms with Gasteiger partial charge in [0.05, 0.1) is 12.6 Å². The smallest absolute Gasteiger partial charge is 0.0635 e. The molecule has 1 aromatic rings. The summed E-state index contributed by atoms with van der Waals surface area (Å²) in [4.78, 5) is 2.10. The summed E-state index contributed by atoms with van der Waals surface area (Å²) in [6.07, 6.45) is 0.582. The van der Waals surface area contributed by atoms with Crippen LogP contribution >= 0.6 is 0 Å². The van der Waals surface area contributed by atoms with E-state index in [-0.39, 0.29) is 19.3 Å². The second-order valence-electron chi connectivity index (χ2n) is 5.07. The highest BCUT2D eigenvalue weighted by molar-refractivity contribution is 5.64. The van der Waals surface area contributed by atoms with Gasteiger partial charge in [-0.3, -0.25) is 0 Å². The van der Waals surface area contributed by atoms with Crippen molar-refractivity contribution in [2.24, 2.45) is 0 Å². The number of rotatable bonds is 5. The summed E-state index contributed by atoms with van der Waals surface area (Å²) in [6, 6.07) is 2.16. The van der Waals surface area contributed by atoms with Crippen molar-refractivity contribution in [2.45, 2.75) is 40.2 Å². The summed E-state index contributed by atoms with van der Waals surface area (Å²) >= 11 is 0. The molecular weight excluding hydrogens is 226 g/mol. The van der Waals surface area contributed by atoms with Crippen molar-refractivity contribution in [2.75, 3.05) is 25.2 Å². The van der Waals surface area contributed by atoms with Crippen LogP contribution in [0.4, 0.5) is 5.69 Å². The summed E-state index contributed by atoms with van der Waals surface area (Å²) in [5, 5.41) is 18.5. The molecule has 2 N–H and O–H groups in total. The van der Waals surface area contributed by atoms with Crippen LogP contribution in [0.2, 0.25) is 0 Å². The van der Waals surface area contributed by atoms with Gasteiger partial charge in [-0.15, -0.1) is 0 Å². The highest BCUT2D eigenvalue weighted by Gasteiger charge is 2.19. The Morgan fingerprint density at radius 2 is 1.56 bits per heavy atom. The van der Waals surface area contributed by atoms with E-state index < -0.39 is 0 Å². The van der Waals surface area contributed by atoms with Crippen molar-refractivity contribution in [1.82, 2.24) is 0 Å². The largest absolute Gasteiger partial charge is 0.396 e. The zero-order valence-electron chi connectivity index (χ0n) is 12.1. The van der Waals surface area contributed by atoms with Gasteiger partial charge in [0.1, 0.15) is 0 Å². The predicted molar refractivity (Wildman–Crippen MR) is 76.4 cm³/mol. The number of nitrogens with zero attached hydrogens (tertiary/aromatic N) is 1. The molecule has 1 atom stereocenters. The van der Waals surface area contributed by atoms with Gasteiger partial charge in [0.2, 0.25) is 0 Å². The molecule has 0 aliphatic rings. The van der Waals surface area contributed by atoms with Crippen LogP contribution in [-0.2, 0) is 0 Å². The molecule has 1 aromatic carbocycles. The second-order valence-corrected chi connectivity index (χ2v) is 5.07. The monoisotopic (exact) mass is 251 g/mol. The van der Waals surface area contributed by atoms with Gasteiger partial charge in [-0.05, 0) is 56.4 Å². The fourth-order valence-corrected chi connectivity index (χ4v) is 2.46. The molecule has 0 aliphatic carbocycles. The molecule has 0 amide bonds. The Morgan fingerprint density at radius 3 is 1.94 bits per heavy atom. The molecule has 0 heterocycles. The molecule has 0 spiro atoms. The third-order valence-corrected chi connectivity index (χ3v) is 3.90. The van der Waals surface area contributed by atoms with Gasteiger partial charge >= 0.3 is 0 Å². The first-order valence-corrected chi connectivity index (χ1v) is 6.46. The first-order chi connectivity index (χ1) is 8.43. The standard InChI is InChI=1S/C15H25NO2/c1-10-8-11(2)13(4)15(12(10)3)16(5)14(9-18)6-7-17/h8,14,17-18H,6-7,9H2,1-5H3. The fourth-order valence-electron chi connectivity index (χ4n) is 2.46. The highest BCUT2D eigenvalue weighted by atomic mass is 16.3. The average molecular weight is 251 g/mol. The first-order valence-electron chi connectivity index (χ1n) is 6.46. The number of aliphatic hydroxyl groups is 2. The number of aliphatic hydroxyl groups excluding tert-OH is 2. The molecule has 0 bridgehead atoms. The Balaban J connectivity index is 3.22. The Bertz CT molecular complexity index is 389. The van der Waals surface area contributed by atoms with Crippen molar-refractivity contribution in [3.05, 3.63) is 28.3 Å². The molecule has 0 aromatic heterocycles. The van der Waals surface area contributed by atoms with Gasteiger partial charge in [-0.2, -0.15) is 0 Å². The molecular formula is C15H25NO2. The van der Waals surface area contributed by atoms with E-state index in [1.807, 2.05) is 7.05 Å². The van der Waals surface area contributed by atoms with E-state index in [0.29, 0.717) is 6.42 Å². The molecule has 0 fully saturated rings. The summed E-state index contributed by atoms with van der Waals surface area (Å²) in [5.41, 5.74) is 6.20. The third-order valence-electron chi connectivity index (χ3n) is 3.90. The van der Waals surface area contributed by atoms with Crippen molar-refractivity contribution >= 4 is 5.69 Å². The van der Waals surface area contributed by atoms with Gasteiger partial charge in [0.15, 0.2) is 0 Å². The quantitative estimate of drug-likeness (QED) is 0.842. The summed E-state index contributed by atoms with van der Waals surface area (Å²) in [7, 11) is 1.99. The molecule has 0 radical (unpaired) electrons. The van der Waals surface area contributed by atoms with Gasteiger partial charge in [0, 0.05) is 19.3 Å². The van der Waals surface area contributed by atoms with E-state index in [4.69, 9.17) is 5.11 Å². The van der Waals surface area contributed by atoms with E-state index in [1.165, 1.54) is 27.9 Å². The van der Waals surface area contributed by atoms with E-state index in [9.17, 15) is 5.11 Å². The van der Waals surface area contributed by atoms with E-state index in [2.05, 4.69) is 38.7 Å². The van der Waals surface area contributed by atoms with Crippen LogP contribution in [0.3, 0.4) is 0 Å². The molecule has 1 rings (SSSR count). The molecule has 0 aliphatic heterocycles. The summed E-state index contributed by atoms with van der Waals surface area (Å²) < 4.78 is 0. The van der Waals surface area contributed by atoms with Crippen molar-refractivity contribution in [3.8, 4) is 0 Å². The van der Waals surface area contributed by atoms with Crippen molar-refractivity contribution in [1.29, 1.82) is 0 Å². The maximum absolute atomic E-state index is 9.46. The van der Waals surface area contributed by atoms with Crippen LogP contribution in [0.1, 0.15) is 28.7 Å². The van der Waals surface area contributed by atoms with E-state index >= 15 is 0 Å². The fraction of sp³-hybridized carbons (Fsp3) is 0.600. The topological polar surface area (TPSA) is 43.7 Å². The van der Waals surface area contributed by atoms with Crippen molar-refractivity contribution in [3.63, 3.8) is 0 Å². The maximum atomic E-state index is 9.46. The molecule has 0 saturated carbocycles. The third kappa shape index (κ3) is 2.85. The van der Waals surface area contributed by atoms with E-state index in [1.54, 1.807) is 0 Å². The molecule has 18 heavy (non-hydrogen) atoms. The Hall–Kier alpha value is -1.06. The van der Waals surface area contributed by atoms with Crippen LogP contribution in [0.15, 0.2) is 6.07 Å². The van der Waals surface area contributed by atoms with Crippen LogP contribution < -0.4 is 4.90 Å². The normalized spacial score (nSPS) is 12.6.